The summed E-state index contributed by atoms with van der Waals surface area (Å²) >= 11 is 0. The zero-order chi connectivity index (χ0) is 10.1. The van der Waals surface area contributed by atoms with Gasteiger partial charge in [-0.15, -0.1) is 0 Å². The number of likely N-dealkylation sites (tertiary alicyclic amines) is 1. The minimum atomic E-state index is -0.342. The summed E-state index contributed by atoms with van der Waals surface area (Å²) < 4.78 is 0. The lowest BCUT2D eigenvalue weighted by Gasteiger charge is -2.25. The van der Waals surface area contributed by atoms with Gasteiger partial charge in [0.15, 0.2) is 0 Å². The first-order valence-electron chi connectivity index (χ1n) is 4.63. The first-order chi connectivity index (χ1) is 5.88. The highest BCUT2D eigenvalue weighted by Crippen LogP contribution is 2.10. The zero-order valence-corrected chi connectivity index (χ0v) is 8.50. The van der Waals surface area contributed by atoms with Crippen molar-refractivity contribution in [2.45, 2.75) is 38.8 Å². The minimum absolute atomic E-state index is 0.0796. The first kappa shape index (κ1) is 10.3. The van der Waals surface area contributed by atoms with E-state index in [4.69, 9.17) is 0 Å². The summed E-state index contributed by atoms with van der Waals surface area (Å²) in [6, 6.07) is -0.0796. The molecule has 1 heterocycles. The van der Waals surface area contributed by atoms with Gasteiger partial charge in [0.25, 0.3) is 0 Å². The number of aliphatic hydroxyl groups excluding tert-OH is 1. The van der Waals surface area contributed by atoms with E-state index in [9.17, 15) is 9.90 Å². The molecule has 4 heteroatoms. The van der Waals surface area contributed by atoms with Crippen LogP contribution < -0.4 is 5.32 Å². The maximum atomic E-state index is 11.5. The van der Waals surface area contributed by atoms with Gasteiger partial charge in [-0.25, -0.2) is 4.79 Å². The smallest absolute Gasteiger partial charge is 0.317 e. The number of urea groups is 1. The Bertz CT molecular complexity index is 198. The molecule has 4 nitrogen and oxygen atoms in total. The van der Waals surface area contributed by atoms with Gasteiger partial charge in [-0.3, -0.25) is 0 Å². The van der Waals surface area contributed by atoms with E-state index in [0.29, 0.717) is 19.5 Å². The van der Waals surface area contributed by atoms with Crippen molar-refractivity contribution in [3.8, 4) is 0 Å². The van der Waals surface area contributed by atoms with Crippen molar-refractivity contribution in [1.82, 2.24) is 10.2 Å². The monoisotopic (exact) mass is 186 g/mol. The number of aliphatic hydroxyl groups is 1. The van der Waals surface area contributed by atoms with Gasteiger partial charge < -0.3 is 15.3 Å². The molecular formula is C9H18N2O2. The molecular weight excluding hydrogens is 168 g/mol. The van der Waals surface area contributed by atoms with E-state index in [1.54, 1.807) is 4.90 Å². The molecule has 1 rings (SSSR count). The topological polar surface area (TPSA) is 52.6 Å². The number of carbonyl (C=O) groups excluding carboxylic acids is 1. The SMILES string of the molecule is CC(C)(C)NC(=O)N1CC[C@@H](O)C1. The van der Waals surface area contributed by atoms with Crippen LogP contribution in [-0.4, -0.2) is 40.8 Å². The molecule has 2 amide bonds. The Labute approximate surface area is 78.9 Å². The number of β-amino-alcohol motifs (C(OH)–C–C–N with tert-alkyl or cyclic N) is 1. The van der Waals surface area contributed by atoms with Crippen molar-refractivity contribution in [1.29, 1.82) is 0 Å². The highest BCUT2D eigenvalue weighted by molar-refractivity contribution is 5.75. The molecule has 76 valence electrons. The quantitative estimate of drug-likeness (QED) is 0.581. The lowest BCUT2D eigenvalue weighted by Crippen LogP contribution is -2.47. The number of carbonyl (C=O) groups is 1. The van der Waals surface area contributed by atoms with E-state index in [1.807, 2.05) is 20.8 Å². The molecule has 0 saturated carbocycles. The molecule has 0 spiro atoms. The second kappa shape index (κ2) is 3.54. The van der Waals surface area contributed by atoms with Gasteiger partial charge in [0.2, 0.25) is 0 Å². The van der Waals surface area contributed by atoms with E-state index in [-0.39, 0.29) is 17.7 Å². The summed E-state index contributed by atoms with van der Waals surface area (Å²) in [7, 11) is 0. The number of nitrogens with zero attached hydrogens (tertiary/aromatic N) is 1. The molecule has 1 saturated heterocycles. The van der Waals surface area contributed by atoms with Gasteiger partial charge in [0, 0.05) is 18.6 Å². The average Bonchev–Trinajstić information content (AvgIpc) is 2.31. The Balaban J connectivity index is 2.41. The van der Waals surface area contributed by atoms with Crippen molar-refractivity contribution >= 4 is 6.03 Å². The Kier molecular flexibility index (Phi) is 2.81. The predicted molar refractivity (Wildman–Crippen MR) is 50.5 cm³/mol. The maximum Gasteiger partial charge on any atom is 0.317 e. The largest absolute Gasteiger partial charge is 0.391 e. The lowest BCUT2D eigenvalue weighted by molar-refractivity contribution is 0.168. The van der Waals surface area contributed by atoms with Gasteiger partial charge >= 0.3 is 6.03 Å². The fourth-order valence-electron chi connectivity index (χ4n) is 1.33. The van der Waals surface area contributed by atoms with Crippen LogP contribution >= 0.6 is 0 Å². The highest BCUT2D eigenvalue weighted by Gasteiger charge is 2.26. The maximum absolute atomic E-state index is 11.5. The standard InChI is InChI=1S/C9H18N2O2/c1-9(2,3)10-8(13)11-5-4-7(12)6-11/h7,12H,4-6H2,1-3H3,(H,10,13)/t7-/m1/s1. The number of hydrogen-bond donors (Lipinski definition) is 2. The van der Waals surface area contributed by atoms with E-state index < -0.39 is 0 Å². The Morgan fingerprint density at radius 2 is 2.15 bits per heavy atom. The molecule has 1 fully saturated rings. The van der Waals surface area contributed by atoms with Crippen molar-refractivity contribution < 1.29 is 9.90 Å². The lowest BCUT2D eigenvalue weighted by atomic mass is 10.1. The highest BCUT2D eigenvalue weighted by atomic mass is 16.3. The van der Waals surface area contributed by atoms with Crippen LogP contribution in [0.15, 0.2) is 0 Å². The van der Waals surface area contributed by atoms with E-state index in [1.165, 1.54) is 0 Å². The van der Waals surface area contributed by atoms with Crippen LogP contribution in [0.1, 0.15) is 27.2 Å². The summed E-state index contributed by atoms with van der Waals surface area (Å²) in [5.74, 6) is 0. The Morgan fingerprint density at radius 3 is 2.54 bits per heavy atom. The van der Waals surface area contributed by atoms with Crippen LogP contribution in [0.4, 0.5) is 4.79 Å². The summed E-state index contributed by atoms with van der Waals surface area (Å²) in [5.41, 5.74) is -0.204. The molecule has 0 radical (unpaired) electrons. The van der Waals surface area contributed by atoms with Crippen molar-refractivity contribution in [2.75, 3.05) is 13.1 Å². The number of hydrogen-bond acceptors (Lipinski definition) is 2. The van der Waals surface area contributed by atoms with Crippen molar-refractivity contribution in [3.05, 3.63) is 0 Å². The summed E-state index contributed by atoms with van der Waals surface area (Å²) in [4.78, 5) is 13.2. The van der Waals surface area contributed by atoms with E-state index in [2.05, 4.69) is 5.32 Å². The molecule has 0 aromatic carbocycles. The third-order valence-corrected chi connectivity index (χ3v) is 1.93. The van der Waals surface area contributed by atoms with E-state index >= 15 is 0 Å². The number of nitrogens with one attached hydrogen (secondary N) is 1. The molecule has 0 aliphatic carbocycles. The van der Waals surface area contributed by atoms with Crippen molar-refractivity contribution in [3.63, 3.8) is 0 Å². The first-order valence-corrected chi connectivity index (χ1v) is 4.63. The van der Waals surface area contributed by atoms with Gasteiger partial charge in [-0.05, 0) is 27.2 Å². The summed E-state index contributed by atoms with van der Waals surface area (Å²) in [5, 5.41) is 12.1. The molecule has 0 aromatic heterocycles. The fraction of sp³-hybridized carbons (Fsp3) is 0.889. The summed E-state index contributed by atoms with van der Waals surface area (Å²) in [6.07, 6.45) is 0.350. The zero-order valence-electron chi connectivity index (χ0n) is 8.50. The van der Waals surface area contributed by atoms with Gasteiger partial charge in [-0.2, -0.15) is 0 Å². The van der Waals surface area contributed by atoms with Crippen LogP contribution in [0, 0.1) is 0 Å². The average molecular weight is 186 g/mol. The van der Waals surface area contributed by atoms with Crippen LogP contribution in [0.3, 0.4) is 0 Å². The molecule has 13 heavy (non-hydrogen) atoms. The predicted octanol–water partition coefficient (Wildman–Crippen LogP) is 0.561. The normalized spacial score (nSPS) is 23.4. The number of rotatable bonds is 0. The molecule has 2 N–H and O–H groups in total. The molecule has 1 aliphatic rings. The molecule has 1 aliphatic heterocycles. The molecule has 0 aromatic rings. The molecule has 0 bridgehead atoms. The van der Waals surface area contributed by atoms with Crippen LogP contribution in [0.25, 0.3) is 0 Å². The van der Waals surface area contributed by atoms with E-state index in [0.717, 1.165) is 0 Å². The van der Waals surface area contributed by atoms with Gasteiger partial charge in [0.1, 0.15) is 0 Å². The molecule has 1 atom stereocenters. The van der Waals surface area contributed by atoms with Crippen LogP contribution in [0.5, 0.6) is 0 Å². The molecule has 0 unspecified atom stereocenters. The second-order valence-corrected chi connectivity index (χ2v) is 4.57. The Morgan fingerprint density at radius 1 is 1.54 bits per heavy atom. The second-order valence-electron chi connectivity index (χ2n) is 4.57. The van der Waals surface area contributed by atoms with Gasteiger partial charge in [0.05, 0.1) is 6.10 Å². The third-order valence-electron chi connectivity index (χ3n) is 1.93. The Hall–Kier alpha value is -0.770. The third kappa shape index (κ3) is 3.22. The van der Waals surface area contributed by atoms with Crippen molar-refractivity contribution in [2.24, 2.45) is 0 Å². The van der Waals surface area contributed by atoms with Crippen LogP contribution in [0.2, 0.25) is 0 Å². The van der Waals surface area contributed by atoms with Crippen LogP contribution in [-0.2, 0) is 0 Å². The fourth-order valence-corrected chi connectivity index (χ4v) is 1.33. The van der Waals surface area contributed by atoms with Gasteiger partial charge in [-0.1, -0.05) is 0 Å². The summed E-state index contributed by atoms with van der Waals surface area (Å²) in [6.45, 7) is 6.94. The number of amides is 2. The minimum Gasteiger partial charge on any atom is -0.391 e.